The second-order valence-electron chi connectivity index (χ2n) is 13.3. The van der Waals surface area contributed by atoms with Gasteiger partial charge in [-0.05, 0) is 40.4 Å². The number of rotatable bonds is 2. The lowest BCUT2D eigenvalue weighted by atomic mass is 9.53. The average molecular weight is 417 g/mol. The van der Waals surface area contributed by atoms with Gasteiger partial charge in [-0.15, -0.1) is 0 Å². The highest BCUT2D eigenvalue weighted by atomic mass is 28.4. The minimum atomic E-state index is -1.75. The van der Waals surface area contributed by atoms with E-state index in [-0.39, 0.29) is 16.1 Å². The number of benzene rings is 1. The summed E-state index contributed by atoms with van der Waals surface area (Å²) < 4.78 is 5.90. The Bertz CT molecular complexity index is 699. The third-order valence-corrected chi connectivity index (χ3v) is 14.5. The second-order valence-corrected chi connectivity index (χ2v) is 22.6. The SMILES string of the molecule is CC(C)(C)B1N(c2c(C(C)(C)C)cccc2C(C)(C)C)[Si](C)(C)N1[Si](C)(C)C. The van der Waals surface area contributed by atoms with Gasteiger partial charge in [-0.3, -0.25) is 0 Å². The first-order chi connectivity index (χ1) is 12.2. The highest BCUT2D eigenvalue weighted by Crippen LogP contribution is 2.52. The molecule has 1 aromatic carbocycles. The maximum absolute atomic E-state index is 2.99. The molecule has 1 fully saturated rings. The molecule has 0 spiro atoms. The van der Waals surface area contributed by atoms with E-state index in [4.69, 9.17) is 0 Å². The van der Waals surface area contributed by atoms with Gasteiger partial charge in [0, 0.05) is 5.69 Å². The van der Waals surface area contributed by atoms with Gasteiger partial charge < -0.3 is 8.62 Å². The van der Waals surface area contributed by atoms with E-state index in [0.717, 1.165) is 0 Å². The first-order valence-electron chi connectivity index (χ1n) is 10.9. The molecule has 0 aromatic heterocycles. The summed E-state index contributed by atoms with van der Waals surface area (Å²) in [7, 11) is -3.18. The zero-order valence-electron chi connectivity index (χ0n) is 21.2. The van der Waals surface area contributed by atoms with E-state index in [1.54, 1.807) is 0 Å². The number of para-hydroxylation sites is 1. The first-order valence-corrected chi connectivity index (χ1v) is 17.3. The Morgan fingerprint density at radius 2 is 1.18 bits per heavy atom. The van der Waals surface area contributed by atoms with Crippen molar-refractivity contribution in [1.29, 1.82) is 0 Å². The van der Waals surface area contributed by atoms with Crippen molar-refractivity contribution in [1.82, 2.24) is 4.14 Å². The molecule has 0 aliphatic carbocycles. The number of hydrogen-bond acceptors (Lipinski definition) is 2. The van der Waals surface area contributed by atoms with Crippen molar-refractivity contribution in [3.05, 3.63) is 29.3 Å². The quantitative estimate of drug-likeness (QED) is 0.469. The van der Waals surface area contributed by atoms with E-state index in [1.807, 2.05) is 0 Å². The van der Waals surface area contributed by atoms with Crippen LogP contribution in [0.1, 0.15) is 73.4 Å². The molecule has 0 bridgehead atoms. The van der Waals surface area contributed by atoms with Crippen LogP contribution in [0.4, 0.5) is 5.69 Å². The van der Waals surface area contributed by atoms with Gasteiger partial charge in [0.1, 0.15) is 8.24 Å². The lowest BCUT2D eigenvalue weighted by Gasteiger charge is -2.70. The van der Waals surface area contributed by atoms with Crippen LogP contribution in [0.2, 0.25) is 38.0 Å². The number of hydrogen-bond donors (Lipinski definition) is 0. The molecule has 0 amide bonds. The summed E-state index contributed by atoms with van der Waals surface area (Å²) in [5.74, 6) is 0. The molecule has 0 radical (unpaired) electrons. The Morgan fingerprint density at radius 1 is 0.786 bits per heavy atom. The van der Waals surface area contributed by atoms with Crippen molar-refractivity contribution >= 4 is 29.3 Å². The molecule has 2 rings (SSSR count). The zero-order chi connectivity index (χ0) is 22.1. The number of nitrogens with zero attached hydrogens (tertiary/aromatic N) is 2. The standard InChI is InChI=1S/C23H45BN2Si2/c1-21(2,3)18-16-15-17-19(22(4,5)6)20(18)25-24(23(7,8)9)26(27(10,11)12)28(25,13)14/h15-17H,1-14H3. The summed E-state index contributed by atoms with van der Waals surface area (Å²) in [4.78, 5) is 0. The predicted octanol–water partition coefficient (Wildman–Crippen LogP) is 7.23. The van der Waals surface area contributed by atoms with Gasteiger partial charge in [-0.2, -0.15) is 0 Å². The molecule has 1 aliphatic heterocycles. The Morgan fingerprint density at radius 3 is 1.46 bits per heavy atom. The summed E-state index contributed by atoms with van der Waals surface area (Å²) in [5, 5.41) is 0.211. The summed E-state index contributed by atoms with van der Waals surface area (Å²) in [6.07, 6.45) is 0. The molecule has 1 heterocycles. The van der Waals surface area contributed by atoms with E-state index >= 15 is 0 Å². The zero-order valence-corrected chi connectivity index (χ0v) is 23.2. The van der Waals surface area contributed by atoms with Crippen molar-refractivity contribution in [2.75, 3.05) is 4.48 Å². The maximum atomic E-state index is 2.99. The molecule has 158 valence electrons. The Balaban J connectivity index is 2.85. The van der Waals surface area contributed by atoms with Crippen LogP contribution in [0.25, 0.3) is 0 Å². The van der Waals surface area contributed by atoms with Gasteiger partial charge in [0.15, 0.2) is 0 Å². The Hall–Kier alpha value is -0.521. The number of anilines is 1. The third-order valence-electron chi connectivity index (χ3n) is 6.06. The van der Waals surface area contributed by atoms with Crippen molar-refractivity contribution in [3.8, 4) is 0 Å². The molecule has 1 saturated heterocycles. The summed E-state index contributed by atoms with van der Waals surface area (Å²) >= 11 is 0. The van der Waals surface area contributed by atoms with E-state index in [2.05, 4.69) is 122 Å². The molecule has 0 atom stereocenters. The smallest absolute Gasteiger partial charge is 0.328 e. The monoisotopic (exact) mass is 416 g/mol. The van der Waals surface area contributed by atoms with E-state index in [9.17, 15) is 0 Å². The van der Waals surface area contributed by atoms with Gasteiger partial charge in [0.05, 0.1) is 0 Å². The molecule has 0 saturated carbocycles. The highest BCUT2D eigenvalue weighted by molar-refractivity contribution is 7.15. The maximum Gasteiger partial charge on any atom is 0.328 e. The second kappa shape index (κ2) is 6.75. The topological polar surface area (TPSA) is 6.48 Å². The largest absolute Gasteiger partial charge is 0.418 e. The molecule has 28 heavy (non-hydrogen) atoms. The molecular formula is C23H45BN2Si2. The Labute approximate surface area is 178 Å². The summed E-state index contributed by atoms with van der Waals surface area (Å²) in [6.45, 7) is 34.7. The van der Waals surface area contributed by atoms with Gasteiger partial charge in [-0.25, -0.2) is 0 Å². The van der Waals surface area contributed by atoms with Gasteiger partial charge in [0.25, 0.3) is 0 Å². The molecule has 1 aromatic rings. The molecule has 1 aliphatic rings. The molecular weight excluding hydrogens is 371 g/mol. The first kappa shape index (κ1) is 23.8. The fourth-order valence-corrected chi connectivity index (χ4v) is 16.4. The van der Waals surface area contributed by atoms with Crippen LogP contribution in [0, 0.1) is 0 Å². The van der Waals surface area contributed by atoms with Crippen molar-refractivity contribution < 1.29 is 0 Å². The van der Waals surface area contributed by atoms with Crippen molar-refractivity contribution in [2.45, 2.75) is 111 Å². The summed E-state index contributed by atoms with van der Waals surface area (Å²) in [5.41, 5.74) is 4.80. The summed E-state index contributed by atoms with van der Waals surface area (Å²) in [6, 6.07) is 7.04. The van der Waals surface area contributed by atoms with Crippen LogP contribution in [0.5, 0.6) is 0 Å². The van der Waals surface area contributed by atoms with Gasteiger partial charge in [0.2, 0.25) is 8.40 Å². The predicted molar refractivity (Wildman–Crippen MR) is 134 cm³/mol. The van der Waals surface area contributed by atoms with Crippen molar-refractivity contribution in [2.24, 2.45) is 0 Å². The normalized spacial score (nSPS) is 19.1. The minimum Gasteiger partial charge on any atom is -0.418 e. The van der Waals surface area contributed by atoms with Crippen LogP contribution >= 0.6 is 0 Å². The minimum absolute atomic E-state index is 0.128. The van der Waals surface area contributed by atoms with Gasteiger partial charge in [-0.1, -0.05) is 100 Å². The van der Waals surface area contributed by atoms with E-state index < -0.39 is 16.6 Å². The van der Waals surface area contributed by atoms with Crippen LogP contribution in [-0.2, 0) is 10.8 Å². The molecule has 2 nitrogen and oxygen atoms in total. The average Bonchev–Trinajstić information content (AvgIpc) is 2.40. The van der Waals surface area contributed by atoms with Crippen molar-refractivity contribution in [3.63, 3.8) is 0 Å². The molecule has 0 unspecified atom stereocenters. The third kappa shape index (κ3) is 4.04. The lowest BCUT2D eigenvalue weighted by Crippen LogP contribution is -2.91. The lowest BCUT2D eigenvalue weighted by molar-refractivity contribution is 0.566. The van der Waals surface area contributed by atoms with E-state index in [1.165, 1.54) is 16.8 Å². The van der Waals surface area contributed by atoms with Crippen LogP contribution in [0.3, 0.4) is 0 Å². The Kier molecular flexibility index (Phi) is 5.72. The van der Waals surface area contributed by atoms with Crippen LogP contribution in [-0.4, -0.2) is 27.8 Å². The highest BCUT2D eigenvalue weighted by Gasteiger charge is 2.65. The van der Waals surface area contributed by atoms with Gasteiger partial charge >= 0.3 is 6.98 Å². The van der Waals surface area contributed by atoms with Crippen LogP contribution < -0.4 is 4.48 Å². The fraction of sp³-hybridized carbons (Fsp3) is 0.739. The molecule has 0 N–H and O–H groups in total. The fourth-order valence-electron chi connectivity index (χ4n) is 5.15. The van der Waals surface area contributed by atoms with E-state index in [0.29, 0.717) is 6.98 Å². The van der Waals surface area contributed by atoms with Crippen LogP contribution in [0.15, 0.2) is 18.2 Å². The molecule has 5 heteroatoms.